The molecule has 1 N–H and O–H groups in total. The molecule has 3 heterocycles. The van der Waals surface area contributed by atoms with Gasteiger partial charge in [0, 0.05) is 30.5 Å². The second kappa shape index (κ2) is 5.59. The molecule has 1 aromatic heterocycles. The Bertz CT molecular complexity index is 392. The molecule has 2 saturated heterocycles. The maximum atomic E-state index is 4.11. The molecular formula is C16H25N3. The van der Waals surface area contributed by atoms with Gasteiger partial charge >= 0.3 is 0 Å². The van der Waals surface area contributed by atoms with Crippen molar-refractivity contribution in [2.24, 2.45) is 5.92 Å². The first kappa shape index (κ1) is 13.1. The second-order valence-electron chi connectivity index (χ2n) is 6.24. The minimum Gasteiger partial charge on any atom is -0.316 e. The molecule has 0 aromatic carbocycles. The lowest BCUT2D eigenvalue weighted by Crippen LogP contribution is -2.47. The Labute approximate surface area is 116 Å². The van der Waals surface area contributed by atoms with Gasteiger partial charge in [0.2, 0.25) is 0 Å². The molecule has 0 saturated carbocycles. The van der Waals surface area contributed by atoms with E-state index in [-0.39, 0.29) is 0 Å². The highest BCUT2D eigenvalue weighted by Gasteiger charge is 2.40. The van der Waals surface area contributed by atoms with E-state index in [1.807, 2.05) is 12.4 Å². The van der Waals surface area contributed by atoms with Crippen LogP contribution in [0.15, 0.2) is 24.5 Å². The molecule has 0 aliphatic carbocycles. The van der Waals surface area contributed by atoms with Gasteiger partial charge in [-0.05, 0) is 69.8 Å². The highest BCUT2D eigenvalue weighted by Crippen LogP contribution is 2.39. The summed E-state index contributed by atoms with van der Waals surface area (Å²) >= 11 is 0. The fourth-order valence-electron chi connectivity index (χ4n) is 4.06. The van der Waals surface area contributed by atoms with E-state index in [2.05, 4.69) is 41.4 Å². The summed E-state index contributed by atoms with van der Waals surface area (Å²) in [5.41, 5.74) is 1.40. The highest BCUT2D eigenvalue weighted by molar-refractivity contribution is 5.12. The lowest BCUT2D eigenvalue weighted by molar-refractivity contribution is 0.114. The molecule has 1 aromatic rings. The predicted molar refractivity (Wildman–Crippen MR) is 78.1 cm³/mol. The van der Waals surface area contributed by atoms with Crippen molar-refractivity contribution in [2.75, 3.05) is 14.1 Å². The molecule has 3 unspecified atom stereocenters. The van der Waals surface area contributed by atoms with E-state index < -0.39 is 0 Å². The van der Waals surface area contributed by atoms with Crippen molar-refractivity contribution < 1.29 is 0 Å². The zero-order chi connectivity index (χ0) is 13.2. The van der Waals surface area contributed by atoms with Gasteiger partial charge in [-0.2, -0.15) is 0 Å². The topological polar surface area (TPSA) is 28.2 Å². The van der Waals surface area contributed by atoms with Crippen LogP contribution in [0.5, 0.6) is 0 Å². The molecule has 3 atom stereocenters. The maximum Gasteiger partial charge on any atom is 0.0270 e. The fourth-order valence-corrected chi connectivity index (χ4v) is 4.06. The van der Waals surface area contributed by atoms with E-state index in [9.17, 15) is 0 Å². The number of hydrogen-bond donors (Lipinski definition) is 1. The normalized spacial score (nSPS) is 32.4. The van der Waals surface area contributed by atoms with E-state index in [0.29, 0.717) is 6.04 Å². The van der Waals surface area contributed by atoms with Crippen molar-refractivity contribution in [1.29, 1.82) is 0 Å². The van der Waals surface area contributed by atoms with Crippen molar-refractivity contribution in [3.05, 3.63) is 30.1 Å². The van der Waals surface area contributed by atoms with Gasteiger partial charge in [0.25, 0.3) is 0 Å². The molecule has 19 heavy (non-hydrogen) atoms. The predicted octanol–water partition coefficient (Wildman–Crippen LogP) is 2.08. The van der Waals surface area contributed by atoms with E-state index in [4.69, 9.17) is 0 Å². The Morgan fingerprint density at radius 2 is 1.89 bits per heavy atom. The molecule has 3 heteroatoms. The third kappa shape index (κ3) is 2.67. The summed E-state index contributed by atoms with van der Waals surface area (Å²) in [6, 6.07) is 6.57. The van der Waals surface area contributed by atoms with Gasteiger partial charge in [-0.1, -0.05) is 0 Å². The average Bonchev–Trinajstić information content (AvgIpc) is 2.68. The third-order valence-electron chi connectivity index (χ3n) is 5.28. The first-order valence-electron chi connectivity index (χ1n) is 7.56. The number of likely N-dealkylation sites (N-methyl/N-ethyl adjacent to an activating group) is 1. The number of pyridine rings is 1. The molecule has 3 nitrogen and oxygen atoms in total. The number of piperidine rings is 1. The zero-order valence-electron chi connectivity index (χ0n) is 12.0. The molecular weight excluding hydrogens is 234 g/mol. The summed E-state index contributed by atoms with van der Waals surface area (Å²) in [5.74, 6) is 0.826. The summed E-state index contributed by atoms with van der Waals surface area (Å²) in [4.78, 5) is 6.73. The van der Waals surface area contributed by atoms with Crippen LogP contribution in [-0.2, 0) is 6.42 Å². The van der Waals surface area contributed by atoms with E-state index >= 15 is 0 Å². The summed E-state index contributed by atoms with van der Waals surface area (Å²) in [5, 5.41) is 3.57. The van der Waals surface area contributed by atoms with E-state index in [0.717, 1.165) is 24.4 Å². The molecule has 0 spiro atoms. The Morgan fingerprint density at radius 3 is 2.47 bits per heavy atom. The minimum absolute atomic E-state index is 0.610. The Balaban J connectivity index is 1.66. The van der Waals surface area contributed by atoms with Crippen LogP contribution in [0.2, 0.25) is 0 Å². The molecule has 2 aliphatic rings. The van der Waals surface area contributed by atoms with Crippen LogP contribution in [0, 0.1) is 5.92 Å². The molecule has 2 bridgehead atoms. The number of nitrogens with one attached hydrogen (secondary N) is 1. The maximum absolute atomic E-state index is 4.11. The average molecular weight is 259 g/mol. The number of rotatable bonds is 4. The molecule has 0 amide bonds. The molecule has 2 aliphatic heterocycles. The summed E-state index contributed by atoms with van der Waals surface area (Å²) in [6.07, 6.45) is 10.5. The number of nitrogens with zero attached hydrogens (tertiary/aromatic N) is 2. The van der Waals surface area contributed by atoms with Crippen LogP contribution in [0.4, 0.5) is 0 Å². The highest BCUT2D eigenvalue weighted by atomic mass is 15.2. The molecule has 3 rings (SSSR count). The van der Waals surface area contributed by atoms with Crippen molar-refractivity contribution in [2.45, 2.75) is 50.2 Å². The SMILES string of the molecule is CNC(Cc1ccncc1)C1CC2CCC(C1)N2C. The van der Waals surface area contributed by atoms with Crippen LogP contribution in [0.25, 0.3) is 0 Å². The Morgan fingerprint density at radius 1 is 1.26 bits per heavy atom. The first-order valence-corrected chi connectivity index (χ1v) is 7.56. The standard InChI is InChI=1S/C16H25N3/c1-17-16(9-12-5-7-18-8-6-12)13-10-14-3-4-15(11-13)19(14)2/h5-8,13-17H,3-4,9-11H2,1-2H3. The van der Waals surface area contributed by atoms with Gasteiger partial charge in [-0.25, -0.2) is 0 Å². The van der Waals surface area contributed by atoms with Crippen molar-refractivity contribution in [3.63, 3.8) is 0 Å². The van der Waals surface area contributed by atoms with E-state index in [1.165, 1.54) is 31.2 Å². The van der Waals surface area contributed by atoms with Gasteiger partial charge in [-0.3, -0.25) is 4.98 Å². The van der Waals surface area contributed by atoms with Crippen molar-refractivity contribution in [1.82, 2.24) is 15.2 Å². The van der Waals surface area contributed by atoms with Gasteiger partial charge in [0.15, 0.2) is 0 Å². The van der Waals surface area contributed by atoms with Crippen LogP contribution in [0.3, 0.4) is 0 Å². The Hall–Kier alpha value is -0.930. The Kier molecular flexibility index (Phi) is 3.85. The fraction of sp³-hybridized carbons (Fsp3) is 0.688. The summed E-state index contributed by atoms with van der Waals surface area (Å²) < 4.78 is 0. The summed E-state index contributed by atoms with van der Waals surface area (Å²) in [7, 11) is 4.43. The lowest BCUT2D eigenvalue weighted by atomic mass is 9.82. The lowest BCUT2D eigenvalue weighted by Gasteiger charge is -2.40. The van der Waals surface area contributed by atoms with Gasteiger partial charge in [0.05, 0.1) is 0 Å². The zero-order valence-corrected chi connectivity index (χ0v) is 12.0. The smallest absolute Gasteiger partial charge is 0.0270 e. The first-order chi connectivity index (χ1) is 9.28. The van der Waals surface area contributed by atoms with Crippen molar-refractivity contribution in [3.8, 4) is 0 Å². The van der Waals surface area contributed by atoms with Gasteiger partial charge in [0.1, 0.15) is 0 Å². The number of fused-ring (bicyclic) bond motifs is 2. The molecule has 0 radical (unpaired) electrons. The molecule has 104 valence electrons. The quantitative estimate of drug-likeness (QED) is 0.897. The second-order valence-corrected chi connectivity index (χ2v) is 6.24. The van der Waals surface area contributed by atoms with Crippen LogP contribution < -0.4 is 5.32 Å². The van der Waals surface area contributed by atoms with E-state index in [1.54, 1.807) is 0 Å². The van der Waals surface area contributed by atoms with Crippen LogP contribution in [0.1, 0.15) is 31.2 Å². The van der Waals surface area contributed by atoms with Crippen molar-refractivity contribution >= 4 is 0 Å². The largest absolute Gasteiger partial charge is 0.316 e. The number of hydrogen-bond acceptors (Lipinski definition) is 3. The van der Waals surface area contributed by atoms with Crippen LogP contribution in [-0.4, -0.2) is 42.1 Å². The monoisotopic (exact) mass is 259 g/mol. The molecule has 2 fully saturated rings. The third-order valence-corrected chi connectivity index (χ3v) is 5.28. The summed E-state index contributed by atoms with van der Waals surface area (Å²) in [6.45, 7) is 0. The van der Waals surface area contributed by atoms with Gasteiger partial charge < -0.3 is 10.2 Å². The van der Waals surface area contributed by atoms with Crippen LogP contribution >= 0.6 is 0 Å². The minimum atomic E-state index is 0.610. The number of aromatic nitrogens is 1. The van der Waals surface area contributed by atoms with Gasteiger partial charge in [-0.15, -0.1) is 0 Å².